The highest BCUT2D eigenvalue weighted by Crippen LogP contribution is 2.32. The van der Waals surface area contributed by atoms with Gasteiger partial charge in [-0.3, -0.25) is 0 Å². The minimum absolute atomic E-state index is 0.154. The van der Waals surface area contributed by atoms with Gasteiger partial charge in [-0.25, -0.2) is 4.39 Å². The van der Waals surface area contributed by atoms with E-state index < -0.39 is 11.9 Å². The van der Waals surface area contributed by atoms with Gasteiger partial charge in [0.2, 0.25) is 0 Å². The highest BCUT2D eigenvalue weighted by Gasteiger charge is 2.17. The van der Waals surface area contributed by atoms with Gasteiger partial charge < -0.3 is 9.84 Å². The molecular weight excluding hydrogens is 275 g/mol. The minimum atomic E-state index is -1.04. The van der Waals surface area contributed by atoms with Crippen molar-refractivity contribution in [2.45, 2.75) is 19.4 Å². The molecule has 0 aliphatic carbocycles. The molecule has 4 heteroatoms. The smallest absolute Gasteiger partial charge is 0.172 e. The molecule has 1 aromatic rings. The quantitative estimate of drug-likeness (QED) is 0.839. The van der Waals surface area contributed by atoms with Crippen LogP contribution in [0.1, 0.15) is 25.0 Å². The van der Waals surface area contributed by atoms with Crippen LogP contribution >= 0.6 is 15.9 Å². The van der Waals surface area contributed by atoms with Crippen LogP contribution in [-0.2, 0) is 0 Å². The molecule has 0 radical (unpaired) electrons. The highest BCUT2D eigenvalue weighted by molar-refractivity contribution is 9.10. The normalized spacial score (nSPS) is 12.2. The van der Waals surface area contributed by atoms with Crippen LogP contribution in [0.25, 0.3) is 0 Å². The predicted octanol–water partition coefficient (Wildman–Crippen LogP) is 3.60. The molecule has 0 bridgehead atoms. The fourth-order valence-corrected chi connectivity index (χ4v) is 1.80. The molecule has 1 aromatic carbocycles. The first-order valence-corrected chi connectivity index (χ1v) is 5.82. The molecule has 0 spiro atoms. The van der Waals surface area contributed by atoms with E-state index >= 15 is 0 Å². The lowest BCUT2D eigenvalue weighted by molar-refractivity contribution is 0.219. The molecule has 0 aliphatic heterocycles. The summed E-state index contributed by atoms with van der Waals surface area (Å²) in [7, 11) is 0. The standard InChI is InChI=1S/C12H14BrFO2/c1-3-7-16-10-6-5-8(13)11(12(10)14)9(15)4-2/h4-6,9,15H,2-3,7H2,1H3. The minimum Gasteiger partial charge on any atom is -0.491 e. The van der Waals surface area contributed by atoms with E-state index in [4.69, 9.17) is 4.74 Å². The second-order valence-electron chi connectivity index (χ2n) is 3.30. The Hall–Kier alpha value is -0.870. The molecular formula is C12H14BrFO2. The highest BCUT2D eigenvalue weighted by atomic mass is 79.9. The Kier molecular flexibility index (Phi) is 4.96. The third-order valence-electron chi connectivity index (χ3n) is 2.07. The second-order valence-corrected chi connectivity index (χ2v) is 4.16. The Bertz CT molecular complexity index is 380. The van der Waals surface area contributed by atoms with Gasteiger partial charge in [-0.15, -0.1) is 6.58 Å². The summed E-state index contributed by atoms with van der Waals surface area (Å²) in [4.78, 5) is 0. The van der Waals surface area contributed by atoms with Gasteiger partial charge in [-0.2, -0.15) is 0 Å². The van der Waals surface area contributed by atoms with Crippen molar-refractivity contribution >= 4 is 15.9 Å². The van der Waals surface area contributed by atoms with Crippen LogP contribution < -0.4 is 4.74 Å². The fraction of sp³-hybridized carbons (Fsp3) is 0.333. The summed E-state index contributed by atoms with van der Waals surface area (Å²) >= 11 is 3.19. The number of aliphatic hydroxyl groups excluding tert-OH is 1. The lowest BCUT2D eigenvalue weighted by Gasteiger charge is -2.13. The van der Waals surface area contributed by atoms with Crippen molar-refractivity contribution in [2.75, 3.05) is 6.61 Å². The summed E-state index contributed by atoms with van der Waals surface area (Å²) < 4.78 is 19.7. The second kappa shape index (κ2) is 6.01. The van der Waals surface area contributed by atoms with Crippen molar-refractivity contribution in [2.24, 2.45) is 0 Å². The van der Waals surface area contributed by atoms with Crippen molar-refractivity contribution in [1.82, 2.24) is 0 Å². The molecule has 0 heterocycles. The Morgan fingerprint density at radius 2 is 2.31 bits per heavy atom. The number of aliphatic hydroxyl groups is 1. The van der Waals surface area contributed by atoms with E-state index in [1.807, 2.05) is 6.92 Å². The third kappa shape index (κ3) is 2.83. The van der Waals surface area contributed by atoms with Gasteiger partial charge in [0.25, 0.3) is 0 Å². The van der Waals surface area contributed by atoms with Crippen molar-refractivity contribution in [3.63, 3.8) is 0 Å². The Balaban J connectivity index is 3.10. The number of benzene rings is 1. The van der Waals surface area contributed by atoms with Gasteiger partial charge in [-0.05, 0) is 18.6 Å². The number of rotatable bonds is 5. The SMILES string of the molecule is C=CC(O)c1c(Br)ccc(OCCC)c1F. The first-order chi connectivity index (χ1) is 7.61. The van der Waals surface area contributed by atoms with E-state index in [9.17, 15) is 9.50 Å². The molecule has 1 N–H and O–H groups in total. The third-order valence-corrected chi connectivity index (χ3v) is 2.76. The number of hydrogen-bond donors (Lipinski definition) is 1. The molecule has 0 fully saturated rings. The Morgan fingerprint density at radius 3 is 2.88 bits per heavy atom. The van der Waals surface area contributed by atoms with Crippen LogP contribution in [0.5, 0.6) is 5.75 Å². The van der Waals surface area contributed by atoms with Crippen LogP contribution in [0.3, 0.4) is 0 Å². The van der Waals surface area contributed by atoms with E-state index in [-0.39, 0.29) is 11.3 Å². The van der Waals surface area contributed by atoms with Gasteiger partial charge >= 0.3 is 0 Å². The Morgan fingerprint density at radius 1 is 1.62 bits per heavy atom. The number of hydrogen-bond acceptors (Lipinski definition) is 2. The summed E-state index contributed by atoms with van der Waals surface area (Å²) in [5.41, 5.74) is 0.156. The lowest BCUT2D eigenvalue weighted by atomic mass is 10.1. The van der Waals surface area contributed by atoms with Crippen LogP contribution in [0.4, 0.5) is 4.39 Å². The van der Waals surface area contributed by atoms with E-state index in [1.54, 1.807) is 6.07 Å². The summed E-state index contributed by atoms with van der Waals surface area (Å²) in [6.45, 7) is 5.82. The fourth-order valence-electron chi connectivity index (χ4n) is 1.26. The molecule has 0 aromatic heterocycles. The van der Waals surface area contributed by atoms with E-state index in [0.29, 0.717) is 11.1 Å². The van der Waals surface area contributed by atoms with Crippen LogP contribution in [-0.4, -0.2) is 11.7 Å². The molecule has 16 heavy (non-hydrogen) atoms. The summed E-state index contributed by atoms with van der Waals surface area (Å²) in [6.07, 6.45) is 1.03. The molecule has 0 saturated carbocycles. The Labute approximate surface area is 103 Å². The first kappa shape index (κ1) is 13.2. The summed E-state index contributed by atoms with van der Waals surface area (Å²) in [6, 6.07) is 3.19. The molecule has 0 saturated heterocycles. The van der Waals surface area contributed by atoms with E-state index in [0.717, 1.165) is 6.42 Å². The first-order valence-electron chi connectivity index (χ1n) is 5.03. The van der Waals surface area contributed by atoms with Crippen molar-refractivity contribution < 1.29 is 14.2 Å². The maximum absolute atomic E-state index is 13.9. The molecule has 2 nitrogen and oxygen atoms in total. The van der Waals surface area contributed by atoms with Gasteiger partial charge in [0.1, 0.15) is 6.10 Å². The zero-order chi connectivity index (χ0) is 12.1. The van der Waals surface area contributed by atoms with Gasteiger partial charge in [0.15, 0.2) is 11.6 Å². The van der Waals surface area contributed by atoms with Crippen molar-refractivity contribution in [3.8, 4) is 5.75 Å². The average Bonchev–Trinajstić information content (AvgIpc) is 2.28. The molecule has 0 aliphatic rings. The summed E-state index contributed by atoms with van der Waals surface area (Å²) in [5.74, 6) is -0.392. The molecule has 88 valence electrons. The molecule has 0 amide bonds. The topological polar surface area (TPSA) is 29.5 Å². The zero-order valence-corrected chi connectivity index (χ0v) is 10.6. The average molecular weight is 289 g/mol. The van der Waals surface area contributed by atoms with Crippen molar-refractivity contribution in [1.29, 1.82) is 0 Å². The van der Waals surface area contributed by atoms with Gasteiger partial charge in [0.05, 0.1) is 6.61 Å². The van der Waals surface area contributed by atoms with E-state index in [1.165, 1.54) is 12.1 Å². The van der Waals surface area contributed by atoms with Gasteiger partial charge in [0, 0.05) is 10.0 Å². The molecule has 1 unspecified atom stereocenters. The van der Waals surface area contributed by atoms with Crippen LogP contribution in [0.15, 0.2) is 29.3 Å². The maximum Gasteiger partial charge on any atom is 0.172 e. The van der Waals surface area contributed by atoms with Crippen LogP contribution in [0, 0.1) is 5.82 Å². The van der Waals surface area contributed by atoms with Crippen molar-refractivity contribution in [3.05, 3.63) is 40.6 Å². The van der Waals surface area contributed by atoms with Gasteiger partial charge in [-0.1, -0.05) is 28.9 Å². The molecule has 1 atom stereocenters. The number of ether oxygens (including phenoxy) is 1. The summed E-state index contributed by atoms with van der Waals surface area (Å²) in [5, 5.41) is 9.60. The largest absolute Gasteiger partial charge is 0.491 e. The molecule has 1 rings (SSSR count). The predicted molar refractivity (Wildman–Crippen MR) is 65.0 cm³/mol. The van der Waals surface area contributed by atoms with Crippen LogP contribution in [0.2, 0.25) is 0 Å². The zero-order valence-electron chi connectivity index (χ0n) is 9.04. The number of halogens is 2. The lowest BCUT2D eigenvalue weighted by Crippen LogP contribution is -2.03. The van der Waals surface area contributed by atoms with E-state index in [2.05, 4.69) is 22.5 Å². The maximum atomic E-state index is 13.9. The monoisotopic (exact) mass is 288 g/mol.